The van der Waals surface area contributed by atoms with Crippen molar-refractivity contribution in [2.24, 2.45) is 5.92 Å². The number of nitrogens with one attached hydrogen (secondary N) is 1. The van der Waals surface area contributed by atoms with E-state index < -0.39 is 5.97 Å². The fourth-order valence-electron chi connectivity index (χ4n) is 3.26. The lowest BCUT2D eigenvalue weighted by Gasteiger charge is -2.13. The minimum atomic E-state index is -0.719. The lowest BCUT2D eigenvalue weighted by atomic mass is 9.93. The smallest absolute Gasteiger partial charge is 0.306 e. The Morgan fingerprint density at radius 2 is 1.69 bits per heavy atom. The Morgan fingerprint density at radius 3 is 2.31 bits per heavy atom. The summed E-state index contributed by atoms with van der Waals surface area (Å²) < 4.78 is 0. The molecular weight excluding hydrogens is 362 g/mol. The topological polar surface area (TPSA) is 69.6 Å². The maximum atomic E-state index is 11.6. The number of carboxylic acids is 1. The van der Waals surface area contributed by atoms with Gasteiger partial charge in [-0.1, -0.05) is 79.4 Å². The summed E-state index contributed by atoms with van der Waals surface area (Å²) in [5.74, 6) is -1.05. The Hall–Kier alpha value is -3.11. The molecule has 0 amide bonds. The Bertz CT molecular complexity index is 823. The molecule has 0 spiro atoms. The molecule has 0 fully saturated rings. The summed E-state index contributed by atoms with van der Waals surface area (Å²) in [6.45, 7) is 3.65. The minimum absolute atomic E-state index is 0.331. The minimum Gasteiger partial charge on any atom is -0.481 e. The molecule has 2 aromatic rings. The van der Waals surface area contributed by atoms with Crippen LogP contribution in [0.1, 0.15) is 36.0 Å². The van der Waals surface area contributed by atoms with Gasteiger partial charge in [0, 0.05) is 6.20 Å². The molecule has 0 radical (unpaired) electrons. The standard InChI is InChI=1S/C25H29NO3/c1-2-3-11-24(19-26-29)22-16-13-21(14-17-22)15-18-23(25(27)28)12-7-10-20-8-5-4-6-9-20/h2-6,8-9,11,13-14,16-17,19,23,26,29H,1,7,10,12,15,18H2,(H,27,28)/b11-3-,24-19+. The number of hydroxylamine groups is 1. The predicted molar refractivity (Wildman–Crippen MR) is 118 cm³/mol. The Balaban J connectivity index is 1.90. The lowest BCUT2D eigenvalue weighted by Crippen LogP contribution is -2.15. The molecule has 0 heterocycles. The molecule has 0 saturated heterocycles. The molecule has 0 aromatic heterocycles. The zero-order valence-corrected chi connectivity index (χ0v) is 16.6. The average Bonchev–Trinajstić information content (AvgIpc) is 2.74. The third-order valence-corrected chi connectivity index (χ3v) is 4.91. The van der Waals surface area contributed by atoms with Crippen molar-refractivity contribution in [2.45, 2.75) is 32.1 Å². The maximum absolute atomic E-state index is 11.6. The Labute approximate surface area is 172 Å². The van der Waals surface area contributed by atoms with Gasteiger partial charge in [0.05, 0.1) is 5.92 Å². The molecule has 2 rings (SSSR count). The van der Waals surface area contributed by atoms with E-state index in [2.05, 4.69) is 24.2 Å². The van der Waals surface area contributed by atoms with Crippen molar-refractivity contribution < 1.29 is 15.1 Å². The average molecular weight is 392 g/mol. The summed E-state index contributed by atoms with van der Waals surface area (Å²) in [6.07, 6.45) is 10.6. The monoisotopic (exact) mass is 391 g/mol. The van der Waals surface area contributed by atoms with Gasteiger partial charge in [0.1, 0.15) is 0 Å². The van der Waals surface area contributed by atoms with Gasteiger partial charge >= 0.3 is 5.97 Å². The molecule has 0 aliphatic heterocycles. The summed E-state index contributed by atoms with van der Waals surface area (Å²) >= 11 is 0. The van der Waals surface area contributed by atoms with E-state index in [4.69, 9.17) is 5.21 Å². The highest BCUT2D eigenvalue weighted by molar-refractivity contribution is 5.74. The van der Waals surface area contributed by atoms with Gasteiger partial charge in [-0.05, 0) is 54.4 Å². The molecule has 1 atom stereocenters. The first-order chi connectivity index (χ1) is 14.1. The second-order valence-electron chi connectivity index (χ2n) is 6.97. The normalized spacial score (nSPS) is 12.7. The van der Waals surface area contributed by atoms with Crippen molar-refractivity contribution in [3.8, 4) is 0 Å². The van der Waals surface area contributed by atoms with Gasteiger partial charge < -0.3 is 5.11 Å². The highest BCUT2D eigenvalue weighted by Crippen LogP contribution is 2.20. The summed E-state index contributed by atoms with van der Waals surface area (Å²) in [5.41, 5.74) is 6.19. The first-order valence-corrected chi connectivity index (χ1v) is 9.89. The molecule has 4 nitrogen and oxygen atoms in total. The number of carboxylic acid groups (broad SMARTS) is 1. The van der Waals surface area contributed by atoms with Crippen molar-refractivity contribution in [1.29, 1.82) is 0 Å². The van der Waals surface area contributed by atoms with Crippen LogP contribution < -0.4 is 5.48 Å². The van der Waals surface area contributed by atoms with Crippen LogP contribution in [0, 0.1) is 5.92 Å². The summed E-state index contributed by atoms with van der Waals surface area (Å²) in [7, 11) is 0. The number of allylic oxidation sites excluding steroid dienone is 4. The third-order valence-electron chi connectivity index (χ3n) is 4.91. The van der Waals surface area contributed by atoms with Crippen molar-refractivity contribution in [2.75, 3.05) is 0 Å². The van der Waals surface area contributed by atoms with E-state index in [0.717, 1.165) is 36.0 Å². The Kier molecular flexibility index (Phi) is 9.46. The summed E-state index contributed by atoms with van der Waals surface area (Å²) in [6, 6.07) is 18.1. The van der Waals surface area contributed by atoms with Crippen molar-refractivity contribution in [3.63, 3.8) is 0 Å². The van der Waals surface area contributed by atoms with E-state index in [0.29, 0.717) is 12.8 Å². The second kappa shape index (κ2) is 12.4. The molecule has 29 heavy (non-hydrogen) atoms. The van der Waals surface area contributed by atoms with Crippen molar-refractivity contribution >= 4 is 11.5 Å². The molecule has 0 saturated carbocycles. The molecular formula is C25H29NO3. The van der Waals surface area contributed by atoms with Crippen LogP contribution in [-0.4, -0.2) is 16.3 Å². The van der Waals surface area contributed by atoms with Gasteiger partial charge in [0.2, 0.25) is 0 Å². The largest absolute Gasteiger partial charge is 0.481 e. The van der Waals surface area contributed by atoms with E-state index in [1.807, 2.05) is 48.5 Å². The van der Waals surface area contributed by atoms with Crippen LogP contribution in [0.2, 0.25) is 0 Å². The van der Waals surface area contributed by atoms with Crippen LogP contribution in [0.15, 0.2) is 85.6 Å². The second-order valence-corrected chi connectivity index (χ2v) is 6.97. The van der Waals surface area contributed by atoms with Crippen LogP contribution in [-0.2, 0) is 17.6 Å². The summed E-state index contributed by atoms with van der Waals surface area (Å²) in [4.78, 5) is 11.6. The third kappa shape index (κ3) is 7.80. The highest BCUT2D eigenvalue weighted by Gasteiger charge is 2.17. The van der Waals surface area contributed by atoms with Crippen LogP contribution in [0.5, 0.6) is 0 Å². The van der Waals surface area contributed by atoms with Crippen LogP contribution in [0.3, 0.4) is 0 Å². The molecule has 0 aliphatic carbocycles. The SMILES string of the molecule is C=C/C=C\C(=C/NO)c1ccc(CCC(CCCc2ccccc2)C(=O)O)cc1. The highest BCUT2D eigenvalue weighted by atomic mass is 16.5. The van der Waals surface area contributed by atoms with Crippen molar-refractivity contribution in [3.05, 3.63) is 102 Å². The van der Waals surface area contributed by atoms with Gasteiger partial charge in [-0.25, -0.2) is 0 Å². The van der Waals surface area contributed by atoms with E-state index in [9.17, 15) is 9.90 Å². The molecule has 2 aromatic carbocycles. The van der Waals surface area contributed by atoms with Crippen LogP contribution in [0.4, 0.5) is 0 Å². The van der Waals surface area contributed by atoms with E-state index >= 15 is 0 Å². The lowest BCUT2D eigenvalue weighted by molar-refractivity contribution is -0.142. The zero-order chi connectivity index (χ0) is 20.9. The van der Waals surface area contributed by atoms with Crippen LogP contribution >= 0.6 is 0 Å². The first-order valence-electron chi connectivity index (χ1n) is 9.89. The molecule has 0 bridgehead atoms. The van der Waals surface area contributed by atoms with Gasteiger partial charge in [0.15, 0.2) is 0 Å². The Morgan fingerprint density at radius 1 is 1.00 bits per heavy atom. The van der Waals surface area contributed by atoms with Gasteiger partial charge in [-0.3, -0.25) is 15.5 Å². The molecule has 0 aliphatic rings. The first kappa shape index (κ1) is 22.2. The number of aliphatic carboxylic acids is 1. The number of carbonyl (C=O) groups is 1. The fourth-order valence-corrected chi connectivity index (χ4v) is 3.26. The molecule has 1 unspecified atom stereocenters. The van der Waals surface area contributed by atoms with E-state index in [1.54, 1.807) is 12.2 Å². The summed E-state index contributed by atoms with van der Waals surface area (Å²) in [5, 5.41) is 18.5. The number of aryl methyl sites for hydroxylation is 2. The zero-order valence-electron chi connectivity index (χ0n) is 16.6. The van der Waals surface area contributed by atoms with Gasteiger partial charge in [0.25, 0.3) is 0 Å². The van der Waals surface area contributed by atoms with Crippen molar-refractivity contribution in [1.82, 2.24) is 5.48 Å². The van der Waals surface area contributed by atoms with E-state index in [1.165, 1.54) is 11.8 Å². The van der Waals surface area contributed by atoms with Crippen LogP contribution in [0.25, 0.3) is 5.57 Å². The number of hydrogen-bond donors (Lipinski definition) is 3. The van der Waals surface area contributed by atoms with Gasteiger partial charge in [-0.15, -0.1) is 0 Å². The quantitative estimate of drug-likeness (QED) is 0.334. The molecule has 3 N–H and O–H groups in total. The molecule has 4 heteroatoms. The number of rotatable bonds is 12. The number of benzene rings is 2. The number of hydrogen-bond acceptors (Lipinski definition) is 3. The van der Waals surface area contributed by atoms with E-state index in [-0.39, 0.29) is 5.92 Å². The maximum Gasteiger partial charge on any atom is 0.306 e. The van der Waals surface area contributed by atoms with Gasteiger partial charge in [-0.2, -0.15) is 0 Å². The fraction of sp³-hybridized carbons (Fsp3) is 0.240. The molecule has 152 valence electrons. The predicted octanol–water partition coefficient (Wildman–Crippen LogP) is 5.40.